The van der Waals surface area contributed by atoms with Gasteiger partial charge in [0.05, 0.1) is 6.42 Å². The van der Waals surface area contributed by atoms with E-state index in [1.54, 1.807) is 24.3 Å². The summed E-state index contributed by atoms with van der Waals surface area (Å²) in [6, 6.07) is 36.6. The van der Waals surface area contributed by atoms with Gasteiger partial charge in [0.1, 0.15) is 23.2 Å². The summed E-state index contributed by atoms with van der Waals surface area (Å²) in [6.07, 6.45) is 0.120. The Hall–Kier alpha value is -5.43. The first-order valence-electron chi connectivity index (χ1n) is 13.3. The van der Waals surface area contributed by atoms with Crippen LogP contribution in [0.3, 0.4) is 0 Å². The van der Waals surface area contributed by atoms with E-state index in [4.69, 9.17) is 26.7 Å². The lowest BCUT2D eigenvalue weighted by Gasteiger charge is -2.19. The van der Waals surface area contributed by atoms with Gasteiger partial charge in [0, 0.05) is 40.3 Å². The van der Waals surface area contributed by atoms with Gasteiger partial charge in [-0.2, -0.15) is 0 Å². The van der Waals surface area contributed by atoms with Crippen molar-refractivity contribution in [1.29, 1.82) is 10.8 Å². The molecule has 0 aliphatic carbocycles. The van der Waals surface area contributed by atoms with Crippen LogP contribution in [0.1, 0.15) is 33.7 Å². The molecule has 0 saturated heterocycles. The maximum atomic E-state index is 13.3. The molecular weight excluding hydrogens is 510 g/mol. The largest absolute Gasteiger partial charge is 0.456 e. The third-order valence-corrected chi connectivity index (χ3v) is 7.01. The molecule has 0 unspecified atom stereocenters. The van der Waals surface area contributed by atoms with Gasteiger partial charge >= 0.3 is 0 Å². The van der Waals surface area contributed by atoms with Crippen LogP contribution in [-0.2, 0) is 11.2 Å². The summed E-state index contributed by atoms with van der Waals surface area (Å²) < 4.78 is 6.30. The lowest BCUT2D eigenvalue weighted by atomic mass is 9.91. The molecule has 1 aromatic heterocycles. The molecule has 5 aromatic rings. The molecule has 4 aromatic carbocycles. The second-order valence-electron chi connectivity index (χ2n) is 9.80. The molecule has 0 aliphatic heterocycles. The van der Waals surface area contributed by atoms with E-state index < -0.39 is 0 Å². The highest BCUT2D eigenvalue weighted by molar-refractivity contribution is 5.96. The monoisotopic (exact) mass is 541 g/mol. The standard InChI is InChI=1S/C34H31N5O2/c35-33(36)26-15-11-24(12-16-26)30-19-28(32(41-30)25-13-17-27(18-14-25)34(37)38)20-31(40)39-21-29(22-7-3-1-4-8-22)23-9-5-2-6-10-23/h1-19,29H,20-21H2,(H3,35,36)(H3,37,38)(H,39,40). The Morgan fingerprint density at radius 3 is 1.68 bits per heavy atom. The fourth-order valence-corrected chi connectivity index (χ4v) is 4.81. The smallest absolute Gasteiger partial charge is 0.224 e. The number of hydrogen-bond donors (Lipinski definition) is 5. The van der Waals surface area contributed by atoms with Crippen LogP contribution in [0, 0.1) is 10.8 Å². The zero-order chi connectivity index (χ0) is 28.8. The molecule has 0 atom stereocenters. The number of amides is 1. The number of rotatable bonds is 10. The maximum Gasteiger partial charge on any atom is 0.224 e. The molecule has 204 valence electrons. The van der Waals surface area contributed by atoms with Crippen molar-refractivity contribution >= 4 is 17.6 Å². The van der Waals surface area contributed by atoms with Crippen molar-refractivity contribution in [1.82, 2.24) is 5.32 Å². The minimum atomic E-state index is -0.122. The predicted molar refractivity (Wildman–Crippen MR) is 163 cm³/mol. The topological polar surface area (TPSA) is 142 Å². The molecule has 0 saturated carbocycles. The van der Waals surface area contributed by atoms with Gasteiger partial charge in [-0.3, -0.25) is 15.6 Å². The van der Waals surface area contributed by atoms with E-state index in [2.05, 4.69) is 29.6 Å². The number of nitrogens with two attached hydrogens (primary N) is 2. The van der Waals surface area contributed by atoms with Crippen LogP contribution >= 0.6 is 0 Å². The summed E-state index contributed by atoms with van der Waals surface area (Å²) in [4.78, 5) is 13.3. The second kappa shape index (κ2) is 12.2. The van der Waals surface area contributed by atoms with Crippen molar-refractivity contribution in [2.45, 2.75) is 12.3 Å². The van der Waals surface area contributed by atoms with E-state index in [1.807, 2.05) is 66.7 Å². The van der Waals surface area contributed by atoms with Gasteiger partial charge in [-0.15, -0.1) is 0 Å². The van der Waals surface area contributed by atoms with Crippen molar-refractivity contribution in [3.8, 4) is 22.6 Å². The van der Waals surface area contributed by atoms with Gasteiger partial charge in [-0.1, -0.05) is 109 Å². The van der Waals surface area contributed by atoms with Crippen LogP contribution in [0.2, 0.25) is 0 Å². The van der Waals surface area contributed by atoms with E-state index in [-0.39, 0.29) is 29.9 Å². The zero-order valence-electron chi connectivity index (χ0n) is 22.4. The summed E-state index contributed by atoms with van der Waals surface area (Å²) in [5, 5.41) is 18.5. The Balaban J connectivity index is 1.41. The fraction of sp³-hybridized carbons (Fsp3) is 0.0882. The van der Waals surface area contributed by atoms with Crippen LogP contribution in [0.25, 0.3) is 22.6 Å². The molecular formula is C34H31N5O2. The number of carbonyl (C=O) groups excluding carboxylic acids is 1. The van der Waals surface area contributed by atoms with Gasteiger partial charge < -0.3 is 21.2 Å². The second-order valence-corrected chi connectivity index (χ2v) is 9.80. The Morgan fingerprint density at radius 2 is 1.20 bits per heavy atom. The SMILES string of the molecule is N=C(N)c1ccc(-c2cc(CC(=O)NCC(c3ccccc3)c3ccccc3)c(-c3ccc(C(=N)N)cc3)o2)cc1. The number of amidine groups is 2. The highest BCUT2D eigenvalue weighted by Crippen LogP contribution is 2.33. The van der Waals surface area contributed by atoms with Crippen molar-refractivity contribution < 1.29 is 9.21 Å². The number of carbonyl (C=O) groups is 1. The Labute approximate surface area is 238 Å². The summed E-state index contributed by atoms with van der Waals surface area (Å²) >= 11 is 0. The summed E-state index contributed by atoms with van der Waals surface area (Å²) in [6.45, 7) is 0.451. The van der Waals surface area contributed by atoms with Gasteiger partial charge in [-0.25, -0.2) is 0 Å². The number of hydrogen-bond acceptors (Lipinski definition) is 4. The van der Waals surface area contributed by atoms with Crippen molar-refractivity contribution in [2.75, 3.05) is 6.54 Å². The Bertz CT molecular complexity index is 1620. The summed E-state index contributed by atoms with van der Waals surface area (Å²) in [7, 11) is 0. The first kappa shape index (κ1) is 27.1. The Kier molecular flexibility index (Phi) is 8.06. The summed E-state index contributed by atoms with van der Waals surface area (Å²) in [5.74, 6) is 1.03. The molecule has 1 amide bonds. The van der Waals surface area contributed by atoms with Gasteiger partial charge in [0.25, 0.3) is 0 Å². The highest BCUT2D eigenvalue weighted by Gasteiger charge is 2.20. The van der Waals surface area contributed by atoms with Crippen LogP contribution in [0.15, 0.2) is 120 Å². The van der Waals surface area contributed by atoms with E-state index in [0.29, 0.717) is 29.2 Å². The average molecular weight is 542 g/mol. The number of nitrogen functional groups attached to an aromatic ring is 2. The third kappa shape index (κ3) is 6.42. The molecule has 7 nitrogen and oxygen atoms in total. The van der Waals surface area contributed by atoms with Gasteiger partial charge in [0.2, 0.25) is 5.91 Å². The number of benzene rings is 4. The molecule has 7 N–H and O–H groups in total. The van der Waals surface area contributed by atoms with E-state index in [9.17, 15) is 4.79 Å². The van der Waals surface area contributed by atoms with Crippen molar-refractivity contribution in [3.05, 3.63) is 143 Å². The first-order valence-corrected chi connectivity index (χ1v) is 13.3. The minimum Gasteiger partial charge on any atom is -0.456 e. The first-order chi connectivity index (χ1) is 19.9. The minimum absolute atomic E-state index is 0.0103. The van der Waals surface area contributed by atoms with Crippen LogP contribution in [0.4, 0.5) is 0 Å². The fourth-order valence-electron chi connectivity index (χ4n) is 4.81. The lowest BCUT2D eigenvalue weighted by Crippen LogP contribution is -2.30. The maximum absolute atomic E-state index is 13.3. The van der Waals surface area contributed by atoms with Crippen molar-refractivity contribution in [3.63, 3.8) is 0 Å². The molecule has 7 heteroatoms. The van der Waals surface area contributed by atoms with Crippen LogP contribution in [0.5, 0.6) is 0 Å². The predicted octanol–water partition coefficient (Wildman–Crippen LogP) is 5.67. The summed E-state index contributed by atoms with van der Waals surface area (Å²) in [5.41, 5.74) is 17.0. The van der Waals surface area contributed by atoms with Gasteiger partial charge in [-0.05, 0) is 17.2 Å². The molecule has 0 spiro atoms. The Morgan fingerprint density at radius 1 is 0.707 bits per heavy atom. The van der Waals surface area contributed by atoms with Crippen LogP contribution in [-0.4, -0.2) is 24.1 Å². The molecule has 0 radical (unpaired) electrons. The van der Waals surface area contributed by atoms with E-state index >= 15 is 0 Å². The van der Waals surface area contributed by atoms with Crippen LogP contribution < -0.4 is 16.8 Å². The molecule has 0 aliphatic rings. The normalized spacial score (nSPS) is 10.9. The average Bonchev–Trinajstić information content (AvgIpc) is 3.42. The lowest BCUT2D eigenvalue weighted by molar-refractivity contribution is -0.120. The number of nitrogens with one attached hydrogen (secondary N) is 3. The zero-order valence-corrected chi connectivity index (χ0v) is 22.4. The van der Waals surface area contributed by atoms with E-state index in [1.165, 1.54) is 0 Å². The molecule has 41 heavy (non-hydrogen) atoms. The molecule has 1 heterocycles. The third-order valence-electron chi connectivity index (χ3n) is 7.01. The molecule has 0 bridgehead atoms. The van der Waals surface area contributed by atoms with E-state index in [0.717, 1.165) is 27.8 Å². The number of furan rings is 1. The highest BCUT2D eigenvalue weighted by atomic mass is 16.3. The quantitative estimate of drug-likeness (QED) is 0.115. The molecule has 5 rings (SSSR count). The van der Waals surface area contributed by atoms with Gasteiger partial charge in [0.15, 0.2) is 0 Å². The molecule has 0 fully saturated rings. The van der Waals surface area contributed by atoms with Crippen molar-refractivity contribution in [2.24, 2.45) is 11.5 Å².